The highest BCUT2D eigenvalue weighted by Crippen LogP contribution is 1.96. The van der Waals surface area contributed by atoms with Crippen molar-refractivity contribution < 1.29 is 14.2 Å². The molecular weight excluding hydrogens is 248 g/mol. The van der Waals surface area contributed by atoms with Crippen molar-refractivity contribution in [3.63, 3.8) is 0 Å². The second-order valence-electron chi connectivity index (χ2n) is 4.03. The number of aromatic nitrogens is 3. The van der Waals surface area contributed by atoms with Crippen molar-refractivity contribution in [3.8, 4) is 0 Å². The van der Waals surface area contributed by atoms with Gasteiger partial charge in [-0.1, -0.05) is 0 Å². The normalized spacial score (nSPS) is 11.1. The van der Waals surface area contributed by atoms with Gasteiger partial charge in [0.2, 0.25) is 0 Å². The summed E-state index contributed by atoms with van der Waals surface area (Å²) in [5.41, 5.74) is 0. The van der Waals surface area contributed by atoms with Gasteiger partial charge >= 0.3 is 0 Å². The molecule has 0 aliphatic rings. The van der Waals surface area contributed by atoms with Crippen LogP contribution in [0.15, 0.2) is 6.33 Å². The third-order valence-corrected chi connectivity index (χ3v) is 2.55. The van der Waals surface area contributed by atoms with Crippen molar-refractivity contribution in [2.45, 2.75) is 19.5 Å². The van der Waals surface area contributed by atoms with Crippen LogP contribution in [0.5, 0.6) is 0 Å². The summed E-state index contributed by atoms with van der Waals surface area (Å²) in [5.74, 6) is 0.938. The Balaban J connectivity index is 2.13. The monoisotopic (exact) mass is 272 g/mol. The molecule has 0 radical (unpaired) electrons. The van der Waals surface area contributed by atoms with Crippen molar-refractivity contribution in [3.05, 3.63) is 12.2 Å². The third kappa shape index (κ3) is 7.22. The Bertz CT molecular complexity index is 320. The number of ether oxygens (including phenoxy) is 3. The number of methoxy groups -OCH3 is 2. The van der Waals surface area contributed by atoms with E-state index in [-0.39, 0.29) is 0 Å². The predicted octanol–water partition coefficient (Wildman–Crippen LogP) is 0.0672. The van der Waals surface area contributed by atoms with Gasteiger partial charge in [-0.2, -0.15) is 5.10 Å². The maximum absolute atomic E-state index is 5.41. The SMILES string of the molecule is COCCNCc1ncnn1CCCOCCOC. The number of nitrogens with zero attached hydrogens (tertiary/aromatic N) is 3. The molecule has 7 nitrogen and oxygen atoms in total. The highest BCUT2D eigenvalue weighted by Gasteiger charge is 2.03. The molecule has 1 heterocycles. The zero-order valence-electron chi connectivity index (χ0n) is 11.8. The van der Waals surface area contributed by atoms with E-state index < -0.39 is 0 Å². The standard InChI is InChI=1S/C12H24N4O3/c1-17-7-4-13-10-12-14-11-15-16(12)5-3-6-19-9-8-18-2/h11,13H,3-10H2,1-2H3. The summed E-state index contributed by atoms with van der Waals surface area (Å²) in [4.78, 5) is 4.23. The van der Waals surface area contributed by atoms with E-state index in [1.165, 1.54) is 0 Å². The van der Waals surface area contributed by atoms with Crippen LogP contribution in [0.4, 0.5) is 0 Å². The highest BCUT2D eigenvalue weighted by atomic mass is 16.5. The number of aryl methyl sites for hydroxylation is 1. The fourth-order valence-electron chi connectivity index (χ4n) is 1.55. The van der Waals surface area contributed by atoms with Crippen molar-refractivity contribution in [1.29, 1.82) is 0 Å². The first-order valence-electron chi connectivity index (χ1n) is 6.51. The van der Waals surface area contributed by atoms with Gasteiger partial charge in [0.1, 0.15) is 12.2 Å². The lowest BCUT2D eigenvalue weighted by Crippen LogP contribution is -2.21. The Morgan fingerprint density at radius 1 is 1.16 bits per heavy atom. The van der Waals surface area contributed by atoms with Gasteiger partial charge in [-0.05, 0) is 6.42 Å². The maximum Gasteiger partial charge on any atom is 0.140 e. The number of hydrogen-bond acceptors (Lipinski definition) is 6. The van der Waals surface area contributed by atoms with Gasteiger partial charge in [0.15, 0.2) is 0 Å². The quantitative estimate of drug-likeness (QED) is 0.543. The molecule has 110 valence electrons. The Morgan fingerprint density at radius 2 is 2.00 bits per heavy atom. The molecule has 1 aromatic rings. The maximum atomic E-state index is 5.41. The van der Waals surface area contributed by atoms with Crippen molar-refractivity contribution in [2.75, 3.05) is 47.2 Å². The molecule has 0 fully saturated rings. The number of rotatable bonds is 12. The van der Waals surface area contributed by atoms with Crippen LogP contribution >= 0.6 is 0 Å². The molecule has 0 bridgehead atoms. The first-order chi connectivity index (χ1) is 9.38. The molecule has 1 rings (SSSR count). The van der Waals surface area contributed by atoms with Gasteiger partial charge in [0, 0.05) is 33.9 Å². The smallest absolute Gasteiger partial charge is 0.140 e. The largest absolute Gasteiger partial charge is 0.383 e. The molecule has 1 aromatic heterocycles. The molecule has 0 spiro atoms. The molecule has 0 amide bonds. The second kappa shape index (κ2) is 10.9. The minimum absolute atomic E-state index is 0.637. The summed E-state index contributed by atoms with van der Waals surface area (Å²) >= 11 is 0. The molecule has 19 heavy (non-hydrogen) atoms. The number of hydrogen-bond donors (Lipinski definition) is 1. The third-order valence-electron chi connectivity index (χ3n) is 2.55. The van der Waals surface area contributed by atoms with Gasteiger partial charge < -0.3 is 19.5 Å². The van der Waals surface area contributed by atoms with Crippen LogP contribution in [0.2, 0.25) is 0 Å². The lowest BCUT2D eigenvalue weighted by molar-refractivity contribution is 0.0676. The summed E-state index contributed by atoms with van der Waals surface area (Å²) in [6.45, 7) is 5.00. The Morgan fingerprint density at radius 3 is 2.79 bits per heavy atom. The van der Waals surface area contributed by atoms with Gasteiger partial charge in [-0.3, -0.25) is 0 Å². The van der Waals surface area contributed by atoms with Crippen LogP contribution in [-0.4, -0.2) is 62.0 Å². The molecule has 0 unspecified atom stereocenters. The van der Waals surface area contributed by atoms with Crippen LogP contribution in [0.25, 0.3) is 0 Å². The van der Waals surface area contributed by atoms with E-state index in [4.69, 9.17) is 14.2 Å². The minimum Gasteiger partial charge on any atom is -0.383 e. The molecular formula is C12H24N4O3. The summed E-state index contributed by atoms with van der Waals surface area (Å²) in [6.07, 6.45) is 2.50. The molecule has 1 N–H and O–H groups in total. The summed E-state index contributed by atoms with van der Waals surface area (Å²) in [5, 5.41) is 7.45. The van der Waals surface area contributed by atoms with E-state index in [9.17, 15) is 0 Å². The van der Waals surface area contributed by atoms with Crippen LogP contribution in [0.1, 0.15) is 12.2 Å². The van der Waals surface area contributed by atoms with E-state index in [0.717, 1.165) is 25.3 Å². The first kappa shape index (κ1) is 16.0. The summed E-state index contributed by atoms with van der Waals surface area (Å²) in [6, 6.07) is 0. The van der Waals surface area contributed by atoms with Gasteiger partial charge in [0.05, 0.1) is 26.4 Å². The topological polar surface area (TPSA) is 70.4 Å². The zero-order valence-corrected chi connectivity index (χ0v) is 11.8. The summed E-state index contributed by atoms with van der Waals surface area (Å²) < 4.78 is 17.2. The molecule has 0 saturated heterocycles. The Hall–Kier alpha value is -1.02. The van der Waals surface area contributed by atoms with Crippen molar-refractivity contribution >= 4 is 0 Å². The van der Waals surface area contributed by atoms with Crippen LogP contribution in [0.3, 0.4) is 0 Å². The molecule has 0 saturated carbocycles. The molecule has 7 heteroatoms. The van der Waals surface area contributed by atoms with E-state index in [1.807, 2.05) is 4.68 Å². The fraction of sp³-hybridized carbons (Fsp3) is 0.833. The lowest BCUT2D eigenvalue weighted by atomic mass is 10.4. The zero-order chi connectivity index (χ0) is 13.8. The molecule has 0 aromatic carbocycles. The van der Waals surface area contributed by atoms with Crippen molar-refractivity contribution in [1.82, 2.24) is 20.1 Å². The molecule has 0 aliphatic carbocycles. The van der Waals surface area contributed by atoms with Gasteiger partial charge in [0.25, 0.3) is 0 Å². The van der Waals surface area contributed by atoms with Crippen LogP contribution in [0, 0.1) is 0 Å². The first-order valence-corrected chi connectivity index (χ1v) is 6.51. The van der Waals surface area contributed by atoms with Gasteiger partial charge in [-0.15, -0.1) is 0 Å². The Labute approximate surface area is 114 Å². The van der Waals surface area contributed by atoms with E-state index in [1.54, 1.807) is 20.5 Å². The van der Waals surface area contributed by atoms with Crippen LogP contribution < -0.4 is 5.32 Å². The predicted molar refractivity (Wildman–Crippen MR) is 70.9 cm³/mol. The molecule has 0 atom stereocenters. The van der Waals surface area contributed by atoms with Crippen LogP contribution in [-0.2, 0) is 27.3 Å². The fourth-order valence-corrected chi connectivity index (χ4v) is 1.55. The highest BCUT2D eigenvalue weighted by molar-refractivity contribution is 4.83. The Kier molecular flexibility index (Phi) is 9.17. The average Bonchev–Trinajstić information content (AvgIpc) is 2.86. The number of nitrogens with one attached hydrogen (secondary N) is 1. The average molecular weight is 272 g/mol. The van der Waals surface area contributed by atoms with E-state index in [0.29, 0.717) is 33.0 Å². The lowest BCUT2D eigenvalue weighted by Gasteiger charge is -2.07. The van der Waals surface area contributed by atoms with E-state index >= 15 is 0 Å². The van der Waals surface area contributed by atoms with Crippen molar-refractivity contribution in [2.24, 2.45) is 0 Å². The minimum atomic E-state index is 0.637. The van der Waals surface area contributed by atoms with Gasteiger partial charge in [-0.25, -0.2) is 9.67 Å². The second-order valence-corrected chi connectivity index (χ2v) is 4.03. The summed E-state index contributed by atoms with van der Waals surface area (Å²) in [7, 11) is 3.36. The molecule has 0 aliphatic heterocycles. The van der Waals surface area contributed by atoms with E-state index in [2.05, 4.69) is 15.4 Å².